The van der Waals surface area contributed by atoms with E-state index in [4.69, 9.17) is 0 Å². The fourth-order valence-corrected chi connectivity index (χ4v) is 3.05. The van der Waals surface area contributed by atoms with E-state index in [0.717, 1.165) is 0 Å². The molecule has 1 aromatic heterocycles. The van der Waals surface area contributed by atoms with Gasteiger partial charge in [-0.1, -0.05) is 0 Å². The Morgan fingerprint density at radius 2 is 2.10 bits per heavy atom. The van der Waals surface area contributed by atoms with Crippen molar-refractivity contribution in [2.75, 3.05) is 0 Å². The zero-order valence-electron chi connectivity index (χ0n) is 6.85. The molecule has 1 rings (SSSR count). The number of hydrogen-bond donors (Lipinski definition) is 0. The predicted octanol–water partition coefficient (Wildman–Crippen LogP) is 2.33. The minimum absolute atomic E-state index is 0.472. The molecule has 1 heterocycles. The predicted molar refractivity (Wildman–Crippen MR) is 46.5 cm³/mol. The Hall–Kier alpha value is -0.000519. The molecule has 0 aliphatic heterocycles. The van der Waals surface area contributed by atoms with E-state index < -0.39 is 0 Å². The Bertz CT molecular complexity index is 179. The molecule has 1 heteroatoms. The number of rotatable bonds is 1. The van der Waals surface area contributed by atoms with Gasteiger partial charge in [-0.2, -0.15) is 0 Å². The van der Waals surface area contributed by atoms with Crippen molar-refractivity contribution in [3.63, 3.8) is 0 Å². The summed E-state index contributed by atoms with van der Waals surface area (Å²) in [6, 6.07) is 4.45. The van der Waals surface area contributed by atoms with Crippen LogP contribution in [0.4, 0.5) is 0 Å². The van der Waals surface area contributed by atoms with Gasteiger partial charge in [0.25, 0.3) is 0 Å². The van der Waals surface area contributed by atoms with E-state index in [1.807, 2.05) is 0 Å². The van der Waals surface area contributed by atoms with Gasteiger partial charge in [0.1, 0.15) is 0 Å². The van der Waals surface area contributed by atoms with E-state index >= 15 is 0 Å². The first-order valence-electron chi connectivity index (χ1n) is 3.60. The second kappa shape index (κ2) is 2.94. The van der Waals surface area contributed by atoms with Gasteiger partial charge in [0, 0.05) is 0 Å². The normalized spacial score (nSPS) is 11.9. The molecule has 0 saturated heterocycles. The van der Waals surface area contributed by atoms with Crippen molar-refractivity contribution in [3.05, 3.63) is 21.5 Å². The molecular formula is C9H14Se. The molecule has 0 saturated carbocycles. The van der Waals surface area contributed by atoms with Crippen molar-refractivity contribution in [1.82, 2.24) is 0 Å². The molecule has 0 spiro atoms. The summed E-state index contributed by atoms with van der Waals surface area (Å²) in [5.74, 6) is 0. The van der Waals surface area contributed by atoms with Crippen LogP contribution in [0.1, 0.15) is 25.2 Å². The van der Waals surface area contributed by atoms with Crippen molar-refractivity contribution in [2.45, 2.75) is 27.2 Å². The number of hydrogen-bond acceptors (Lipinski definition) is 0. The molecule has 0 fully saturated rings. The van der Waals surface area contributed by atoms with Gasteiger partial charge in [0.2, 0.25) is 0 Å². The maximum atomic E-state index is 2.29. The van der Waals surface area contributed by atoms with E-state index in [1.165, 1.54) is 6.42 Å². The third-order valence-electron chi connectivity index (χ3n) is 1.28. The molecule has 0 atom stereocenters. The maximum absolute atomic E-state index is 2.29. The van der Waals surface area contributed by atoms with Gasteiger partial charge in [-0.25, -0.2) is 0 Å². The van der Waals surface area contributed by atoms with Crippen LogP contribution in [-0.2, 0) is 6.42 Å². The van der Waals surface area contributed by atoms with E-state index in [9.17, 15) is 0 Å². The average Bonchev–Trinajstić information content (AvgIpc) is 2.12. The van der Waals surface area contributed by atoms with E-state index in [1.54, 1.807) is 4.44 Å². The Morgan fingerprint density at radius 3 is 2.50 bits per heavy atom. The molecule has 0 aliphatic carbocycles. The summed E-state index contributed by atoms with van der Waals surface area (Å²) >= 11 is 0.674. The van der Waals surface area contributed by atoms with Crippen LogP contribution < -0.4 is 0 Å². The van der Waals surface area contributed by atoms with Crippen molar-refractivity contribution in [3.8, 4) is 0 Å². The molecule has 0 aromatic carbocycles. The Kier molecular flexibility index (Phi) is 2.38. The Labute approximate surface area is 69.0 Å². The molecule has 0 nitrogen and oxygen atoms in total. The second-order valence-electron chi connectivity index (χ2n) is 3.82. The van der Waals surface area contributed by atoms with Gasteiger partial charge in [0.15, 0.2) is 0 Å². The van der Waals surface area contributed by atoms with Crippen LogP contribution in [0.25, 0.3) is 0 Å². The summed E-state index contributed by atoms with van der Waals surface area (Å²) in [4.78, 5) is 2.29. The fraction of sp³-hybridized carbons (Fsp3) is 0.556. The molecule has 0 aliphatic rings. The van der Waals surface area contributed by atoms with E-state index in [2.05, 4.69) is 37.8 Å². The van der Waals surface area contributed by atoms with Crippen LogP contribution in [0.5, 0.6) is 0 Å². The summed E-state index contributed by atoms with van der Waals surface area (Å²) in [7, 11) is 0. The standard InChI is InChI=1S/C9H14Se/c1-9(2,3)7-8-5-4-6-10-8/h4-6H,7H2,1-3H3. The van der Waals surface area contributed by atoms with E-state index in [-0.39, 0.29) is 0 Å². The zero-order chi connectivity index (χ0) is 7.61. The topological polar surface area (TPSA) is 0 Å². The van der Waals surface area contributed by atoms with Crippen LogP contribution >= 0.6 is 0 Å². The van der Waals surface area contributed by atoms with Gasteiger partial charge in [-0.15, -0.1) is 0 Å². The van der Waals surface area contributed by atoms with Crippen molar-refractivity contribution in [2.24, 2.45) is 5.41 Å². The monoisotopic (exact) mass is 202 g/mol. The molecule has 0 radical (unpaired) electrons. The fourth-order valence-electron chi connectivity index (χ4n) is 0.936. The van der Waals surface area contributed by atoms with Crippen LogP contribution in [0.2, 0.25) is 0 Å². The van der Waals surface area contributed by atoms with Crippen LogP contribution in [0.15, 0.2) is 17.1 Å². The zero-order valence-corrected chi connectivity index (χ0v) is 8.56. The molecule has 0 unspecified atom stereocenters. The van der Waals surface area contributed by atoms with Gasteiger partial charge >= 0.3 is 68.6 Å². The average molecular weight is 201 g/mol. The summed E-state index contributed by atoms with van der Waals surface area (Å²) in [5, 5.41) is 0. The van der Waals surface area contributed by atoms with Crippen LogP contribution in [0.3, 0.4) is 0 Å². The summed E-state index contributed by atoms with van der Waals surface area (Å²) in [6.07, 6.45) is 1.26. The molecule has 1 aromatic rings. The van der Waals surface area contributed by atoms with Crippen molar-refractivity contribution >= 4 is 14.5 Å². The first-order valence-corrected chi connectivity index (χ1v) is 5.45. The first-order chi connectivity index (χ1) is 4.58. The SMILES string of the molecule is CC(C)(C)Cc1ccc[se]1. The third kappa shape index (κ3) is 2.72. The second-order valence-corrected chi connectivity index (χ2v) is 5.98. The van der Waals surface area contributed by atoms with Gasteiger partial charge in [-0.3, -0.25) is 0 Å². The van der Waals surface area contributed by atoms with Crippen LogP contribution in [0, 0.1) is 5.41 Å². The quantitative estimate of drug-likeness (QED) is 0.612. The van der Waals surface area contributed by atoms with Crippen molar-refractivity contribution in [1.29, 1.82) is 0 Å². The third-order valence-corrected chi connectivity index (χ3v) is 3.12. The Balaban J connectivity index is 2.57. The molecule has 56 valence electrons. The summed E-state index contributed by atoms with van der Waals surface area (Å²) < 4.78 is 1.64. The molecule has 10 heavy (non-hydrogen) atoms. The van der Waals surface area contributed by atoms with E-state index in [0.29, 0.717) is 19.9 Å². The van der Waals surface area contributed by atoms with Crippen molar-refractivity contribution < 1.29 is 0 Å². The summed E-state index contributed by atoms with van der Waals surface area (Å²) in [6.45, 7) is 6.88. The molecule has 0 N–H and O–H groups in total. The van der Waals surface area contributed by atoms with Crippen LogP contribution in [-0.4, -0.2) is 14.5 Å². The first kappa shape index (κ1) is 8.10. The summed E-state index contributed by atoms with van der Waals surface area (Å²) in [5.41, 5.74) is 0.472. The molecule has 0 amide bonds. The van der Waals surface area contributed by atoms with Gasteiger partial charge in [-0.05, 0) is 0 Å². The minimum atomic E-state index is 0.472. The van der Waals surface area contributed by atoms with Gasteiger partial charge in [0.05, 0.1) is 0 Å². The van der Waals surface area contributed by atoms with Gasteiger partial charge < -0.3 is 0 Å². The molecule has 0 bridgehead atoms. The Morgan fingerprint density at radius 1 is 1.40 bits per heavy atom. The molecular weight excluding hydrogens is 187 g/mol.